The van der Waals surface area contributed by atoms with Gasteiger partial charge in [0.1, 0.15) is 11.3 Å². The summed E-state index contributed by atoms with van der Waals surface area (Å²) < 4.78 is 41.5. The number of ether oxygens (including phenoxy) is 1. The van der Waals surface area contributed by atoms with Crippen LogP contribution in [0.4, 0.5) is 30.4 Å². The molecule has 0 aliphatic carbocycles. The van der Waals surface area contributed by atoms with Gasteiger partial charge in [-0.3, -0.25) is 9.78 Å². The maximum absolute atomic E-state index is 12.9. The number of nitrogens with zero attached hydrogens (tertiary/aromatic N) is 3. The van der Waals surface area contributed by atoms with E-state index in [0.717, 1.165) is 23.3 Å². The highest BCUT2D eigenvalue weighted by atomic mass is 19.4. The van der Waals surface area contributed by atoms with Crippen molar-refractivity contribution in [3.05, 3.63) is 90.4 Å². The lowest BCUT2D eigenvalue weighted by atomic mass is 10.1. The van der Waals surface area contributed by atoms with Crippen molar-refractivity contribution in [2.45, 2.75) is 13.3 Å². The lowest BCUT2D eigenvalue weighted by Gasteiger charge is -2.14. The summed E-state index contributed by atoms with van der Waals surface area (Å²) in [5.74, 6) is 0.0531. The van der Waals surface area contributed by atoms with Gasteiger partial charge in [-0.2, -0.15) is 0 Å². The first-order chi connectivity index (χ1) is 17.7. The average Bonchev–Trinajstić information content (AvgIpc) is 3.34. The normalized spacial score (nSPS) is 11.4. The zero-order valence-corrected chi connectivity index (χ0v) is 19.3. The van der Waals surface area contributed by atoms with E-state index in [0.29, 0.717) is 33.9 Å². The van der Waals surface area contributed by atoms with E-state index < -0.39 is 18.0 Å². The molecule has 0 bridgehead atoms. The van der Waals surface area contributed by atoms with Crippen molar-refractivity contribution < 1.29 is 22.7 Å². The molecule has 37 heavy (non-hydrogen) atoms. The molecule has 5 aromatic rings. The lowest BCUT2D eigenvalue weighted by Crippen LogP contribution is -2.17. The van der Waals surface area contributed by atoms with Gasteiger partial charge in [0, 0.05) is 47.2 Å². The number of aromatic amines is 1. The molecule has 3 N–H and O–H groups in total. The number of pyridine rings is 1. The van der Waals surface area contributed by atoms with Crippen molar-refractivity contribution in [3.63, 3.8) is 0 Å². The van der Waals surface area contributed by atoms with E-state index in [1.54, 1.807) is 42.9 Å². The monoisotopic (exact) mass is 504 g/mol. The van der Waals surface area contributed by atoms with E-state index >= 15 is 0 Å². The van der Waals surface area contributed by atoms with Crippen molar-refractivity contribution in [2.24, 2.45) is 0 Å². The minimum absolute atomic E-state index is 0.159. The minimum atomic E-state index is -4.83. The Bertz CT molecular complexity index is 1580. The number of anilines is 3. The zero-order valence-electron chi connectivity index (χ0n) is 19.3. The van der Waals surface area contributed by atoms with E-state index in [-0.39, 0.29) is 5.69 Å². The van der Waals surface area contributed by atoms with Gasteiger partial charge in [0.05, 0.1) is 5.52 Å². The van der Waals surface area contributed by atoms with Crippen molar-refractivity contribution in [3.8, 4) is 17.1 Å². The Morgan fingerprint density at radius 3 is 2.68 bits per heavy atom. The number of halogens is 3. The second-order valence-electron chi connectivity index (χ2n) is 8.06. The SMILES string of the molecule is Cc1ccc(C(=O)Nc2cccc(OC(F)(F)F)c2)cc1Nc1nc(-c2cccnc2)nc2cc[nH]c12. The Labute approximate surface area is 208 Å². The molecule has 0 saturated carbocycles. The van der Waals surface area contributed by atoms with Crippen LogP contribution in [0.1, 0.15) is 15.9 Å². The third-order valence-corrected chi connectivity index (χ3v) is 5.40. The Morgan fingerprint density at radius 2 is 1.89 bits per heavy atom. The molecule has 2 aromatic carbocycles. The topological polar surface area (TPSA) is 105 Å². The highest BCUT2D eigenvalue weighted by molar-refractivity contribution is 6.05. The highest BCUT2D eigenvalue weighted by Gasteiger charge is 2.31. The Morgan fingerprint density at radius 1 is 1.03 bits per heavy atom. The van der Waals surface area contributed by atoms with Gasteiger partial charge in [-0.05, 0) is 55.0 Å². The first-order valence-corrected chi connectivity index (χ1v) is 11.1. The van der Waals surface area contributed by atoms with Crippen molar-refractivity contribution in [1.29, 1.82) is 0 Å². The third-order valence-electron chi connectivity index (χ3n) is 5.40. The molecule has 1 amide bonds. The van der Waals surface area contributed by atoms with E-state index in [9.17, 15) is 18.0 Å². The van der Waals surface area contributed by atoms with Crippen LogP contribution < -0.4 is 15.4 Å². The number of carbonyl (C=O) groups excluding carboxylic acids is 1. The molecule has 8 nitrogen and oxygen atoms in total. The van der Waals surface area contributed by atoms with Crippen LogP contribution in [0.5, 0.6) is 5.75 Å². The summed E-state index contributed by atoms with van der Waals surface area (Å²) in [6.07, 6.45) is 0.257. The first-order valence-electron chi connectivity index (χ1n) is 11.1. The summed E-state index contributed by atoms with van der Waals surface area (Å²) in [6, 6.07) is 15.6. The molecule has 0 aliphatic rings. The molecule has 3 heterocycles. The molecule has 0 radical (unpaired) electrons. The summed E-state index contributed by atoms with van der Waals surface area (Å²) in [6.45, 7) is 1.87. The van der Waals surface area contributed by atoms with Gasteiger partial charge in [-0.25, -0.2) is 9.97 Å². The largest absolute Gasteiger partial charge is 0.573 e. The van der Waals surface area contributed by atoms with Gasteiger partial charge in [0.2, 0.25) is 0 Å². The van der Waals surface area contributed by atoms with Crippen molar-refractivity contribution in [2.75, 3.05) is 10.6 Å². The number of amides is 1. The van der Waals surface area contributed by atoms with E-state index in [4.69, 9.17) is 0 Å². The van der Waals surface area contributed by atoms with Crippen molar-refractivity contribution in [1.82, 2.24) is 19.9 Å². The second kappa shape index (κ2) is 9.61. The molecule has 186 valence electrons. The summed E-state index contributed by atoms with van der Waals surface area (Å²) in [5, 5.41) is 5.88. The van der Waals surface area contributed by atoms with E-state index in [1.165, 1.54) is 12.1 Å². The molecule has 0 fully saturated rings. The average molecular weight is 504 g/mol. The quantitative estimate of drug-likeness (QED) is 0.254. The predicted octanol–water partition coefficient (Wildman–Crippen LogP) is 6.22. The molecule has 3 aromatic heterocycles. The molecule has 0 atom stereocenters. The number of aromatic nitrogens is 4. The number of aryl methyl sites for hydroxylation is 1. The van der Waals surface area contributed by atoms with Crippen LogP contribution in [0.2, 0.25) is 0 Å². The molecular formula is C26H19F3N6O2. The number of alkyl halides is 3. The molecular weight excluding hydrogens is 485 g/mol. The molecule has 0 saturated heterocycles. The summed E-state index contributed by atoms with van der Waals surface area (Å²) >= 11 is 0. The van der Waals surface area contributed by atoms with Gasteiger partial charge in [0.15, 0.2) is 11.6 Å². The molecule has 0 spiro atoms. The van der Waals surface area contributed by atoms with Crippen LogP contribution in [0, 0.1) is 6.92 Å². The minimum Gasteiger partial charge on any atom is -0.406 e. The number of H-pyrrole nitrogens is 1. The zero-order chi connectivity index (χ0) is 26.0. The number of fused-ring (bicyclic) bond motifs is 1. The lowest BCUT2D eigenvalue weighted by molar-refractivity contribution is -0.274. The molecule has 11 heteroatoms. The van der Waals surface area contributed by atoms with E-state index in [2.05, 4.69) is 35.3 Å². The number of nitrogens with one attached hydrogen (secondary N) is 3. The number of benzene rings is 2. The van der Waals surface area contributed by atoms with Gasteiger partial charge >= 0.3 is 6.36 Å². The fourth-order valence-electron chi connectivity index (χ4n) is 3.66. The van der Waals surface area contributed by atoms with Crippen LogP contribution >= 0.6 is 0 Å². The van der Waals surface area contributed by atoms with Gasteiger partial charge in [0.25, 0.3) is 5.91 Å². The summed E-state index contributed by atoms with van der Waals surface area (Å²) in [5.41, 5.74) is 4.04. The molecule has 5 rings (SSSR count). The number of hydrogen-bond acceptors (Lipinski definition) is 6. The smallest absolute Gasteiger partial charge is 0.406 e. The number of hydrogen-bond donors (Lipinski definition) is 3. The van der Waals surface area contributed by atoms with Crippen LogP contribution in [0.3, 0.4) is 0 Å². The first kappa shape index (κ1) is 23.8. The fraction of sp³-hybridized carbons (Fsp3) is 0.0769. The Hall–Kier alpha value is -4.93. The maximum atomic E-state index is 12.9. The third kappa shape index (κ3) is 5.50. The number of rotatable bonds is 6. The number of carbonyl (C=O) groups is 1. The van der Waals surface area contributed by atoms with Crippen LogP contribution in [-0.2, 0) is 0 Å². The predicted molar refractivity (Wildman–Crippen MR) is 133 cm³/mol. The molecule has 0 aliphatic heterocycles. The van der Waals surface area contributed by atoms with E-state index in [1.807, 2.05) is 19.1 Å². The van der Waals surface area contributed by atoms with Gasteiger partial charge in [-0.1, -0.05) is 12.1 Å². The van der Waals surface area contributed by atoms with Crippen molar-refractivity contribution >= 4 is 34.1 Å². The summed E-state index contributed by atoms with van der Waals surface area (Å²) in [7, 11) is 0. The highest BCUT2D eigenvalue weighted by Crippen LogP contribution is 2.29. The fourth-order valence-corrected chi connectivity index (χ4v) is 3.66. The Balaban J connectivity index is 1.42. The summed E-state index contributed by atoms with van der Waals surface area (Å²) in [4.78, 5) is 29.4. The Kier molecular flexibility index (Phi) is 6.18. The van der Waals surface area contributed by atoms with Crippen LogP contribution in [0.25, 0.3) is 22.4 Å². The van der Waals surface area contributed by atoms with Gasteiger partial charge in [-0.15, -0.1) is 13.2 Å². The maximum Gasteiger partial charge on any atom is 0.573 e. The van der Waals surface area contributed by atoms with Crippen LogP contribution in [0.15, 0.2) is 79.3 Å². The second-order valence-corrected chi connectivity index (χ2v) is 8.06. The van der Waals surface area contributed by atoms with Gasteiger partial charge < -0.3 is 20.4 Å². The standard InChI is InChI=1S/C26H19F3N6O2/c1-15-7-8-16(25(36)32-18-5-2-6-19(13-18)37-26(27,28)29)12-21(15)34-24-22-20(9-11-31-22)33-23(35-24)17-4-3-10-30-14-17/h2-14,31H,1H3,(H,32,36)(H,33,34,35). The van der Waals surface area contributed by atoms with Crippen LogP contribution in [-0.4, -0.2) is 32.2 Å². The molecule has 0 unspecified atom stereocenters.